The first-order valence-corrected chi connectivity index (χ1v) is 8.94. The Morgan fingerprint density at radius 1 is 1.00 bits per heavy atom. The molecule has 1 aliphatic rings. The molecular formula is C21H23NO7. The molecule has 0 saturated carbocycles. The number of carboxylic acid groups (broad SMARTS) is 1. The summed E-state index contributed by atoms with van der Waals surface area (Å²) >= 11 is 0. The number of likely N-dealkylation sites (tertiary alicyclic amines) is 1. The van der Waals surface area contributed by atoms with Crippen molar-refractivity contribution < 1.29 is 33.6 Å². The third-order valence-corrected chi connectivity index (χ3v) is 5.01. The van der Waals surface area contributed by atoms with E-state index in [4.69, 9.17) is 18.9 Å². The van der Waals surface area contributed by atoms with Crippen LogP contribution < -0.4 is 14.2 Å². The number of carboxylic acids is 1. The van der Waals surface area contributed by atoms with Crippen LogP contribution in [-0.2, 0) is 21.6 Å². The minimum atomic E-state index is -1.28. The maximum atomic E-state index is 12.3. The molecule has 1 fully saturated rings. The molecule has 154 valence electrons. The van der Waals surface area contributed by atoms with Gasteiger partial charge in [0.1, 0.15) is 12.0 Å². The van der Waals surface area contributed by atoms with Crippen LogP contribution >= 0.6 is 0 Å². The minimum absolute atomic E-state index is 0.0193. The van der Waals surface area contributed by atoms with Crippen molar-refractivity contribution in [3.63, 3.8) is 0 Å². The van der Waals surface area contributed by atoms with Gasteiger partial charge in [-0.3, -0.25) is 4.79 Å². The number of ether oxygens (including phenoxy) is 4. The topological polar surface area (TPSA) is 94.5 Å². The zero-order valence-corrected chi connectivity index (χ0v) is 16.5. The number of nitrogens with zero attached hydrogens (tertiary/aromatic N) is 1. The summed E-state index contributed by atoms with van der Waals surface area (Å²) < 4.78 is 21.2. The molecule has 29 heavy (non-hydrogen) atoms. The van der Waals surface area contributed by atoms with Gasteiger partial charge in [-0.1, -0.05) is 30.3 Å². The highest BCUT2D eigenvalue weighted by atomic mass is 16.6. The van der Waals surface area contributed by atoms with Gasteiger partial charge in [0.15, 0.2) is 11.5 Å². The predicted octanol–water partition coefficient (Wildman–Crippen LogP) is 2.69. The van der Waals surface area contributed by atoms with Gasteiger partial charge >= 0.3 is 12.1 Å². The Labute approximate surface area is 168 Å². The molecular weight excluding hydrogens is 378 g/mol. The van der Waals surface area contributed by atoms with E-state index in [1.807, 2.05) is 30.3 Å². The molecule has 2 aromatic rings. The van der Waals surface area contributed by atoms with E-state index in [-0.39, 0.29) is 19.7 Å². The zero-order chi connectivity index (χ0) is 21.0. The van der Waals surface area contributed by atoms with E-state index in [0.29, 0.717) is 22.8 Å². The van der Waals surface area contributed by atoms with E-state index in [2.05, 4.69) is 0 Å². The second-order valence-electron chi connectivity index (χ2n) is 6.70. The molecule has 0 spiro atoms. The minimum Gasteiger partial charge on any atom is -0.493 e. The molecule has 1 N–H and O–H groups in total. The molecule has 0 aromatic heterocycles. The maximum Gasteiger partial charge on any atom is 0.410 e. The van der Waals surface area contributed by atoms with Crippen LogP contribution in [0.3, 0.4) is 0 Å². The number of amides is 1. The van der Waals surface area contributed by atoms with Crippen LogP contribution in [0.25, 0.3) is 0 Å². The van der Waals surface area contributed by atoms with Crippen LogP contribution in [-0.4, -0.2) is 56.5 Å². The van der Waals surface area contributed by atoms with Gasteiger partial charge in [0, 0.05) is 13.1 Å². The second-order valence-corrected chi connectivity index (χ2v) is 6.70. The first-order chi connectivity index (χ1) is 13.9. The first-order valence-electron chi connectivity index (χ1n) is 8.94. The van der Waals surface area contributed by atoms with E-state index in [0.717, 1.165) is 5.56 Å². The molecule has 1 saturated heterocycles. The van der Waals surface area contributed by atoms with E-state index in [9.17, 15) is 14.7 Å². The lowest BCUT2D eigenvalue weighted by Crippen LogP contribution is -2.65. The lowest BCUT2D eigenvalue weighted by molar-refractivity contribution is -0.150. The number of methoxy groups -OCH3 is 3. The third kappa shape index (κ3) is 3.78. The number of hydrogen-bond acceptors (Lipinski definition) is 6. The largest absolute Gasteiger partial charge is 0.493 e. The highest BCUT2D eigenvalue weighted by molar-refractivity contribution is 5.87. The zero-order valence-electron chi connectivity index (χ0n) is 16.5. The lowest BCUT2D eigenvalue weighted by atomic mass is 9.73. The molecule has 8 heteroatoms. The molecule has 1 aliphatic heterocycles. The second kappa shape index (κ2) is 8.30. The van der Waals surface area contributed by atoms with E-state index >= 15 is 0 Å². The molecule has 0 unspecified atom stereocenters. The average Bonchev–Trinajstić information content (AvgIpc) is 2.71. The molecule has 0 bridgehead atoms. The molecule has 3 rings (SSSR count). The smallest absolute Gasteiger partial charge is 0.410 e. The molecule has 0 aliphatic carbocycles. The summed E-state index contributed by atoms with van der Waals surface area (Å²) in [7, 11) is 4.39. The SMILES string of the molecule is COc1cc(C2(C(=O)O)CN(C(=O)OCc3ccccc3)C2)cc(OC)c1OC. The number of carbonyl (C=O) groups is 2. The summed E-state index contributed by atoms with van der Waals surface area (Å²) in [5.74, 6) is 0.0387. The molecule has 2 aromatic carbocycles. The van der Waals surface area contributed by atoms with Crippen molar-refractivity contribution in [3.8, 4) is 17.2 Å². The number of rotatable bonds is 7. The fourth-order valence-corrected chi connectivity index (χ4v) is 3.34. The molecule has 1 heterocycles. The summed E-state index contributed by atoms with van der Waals surface area (Å²) in [5, 5.41) is 9.91. The number of benzene rings is 2. The van der Waals surface area contributed by atoms with Crippen LogP contribution in [0.5, 0.6) is 17.2 Å². The van der Waals surface area contributed by atoms with Crippen LogP contribution in [0.2, 0.25) is 0 Å². The van der Waals surface area contributed by atoms with Crippen molar-refractivity contribution in [2.75, 3.05) is 34.4 Å². The Balaban J connectivity index is 1.78. The van der Waals surface area contributed by atoms with E-state index in [1.54, 1.807) is 12.1 Å². The third-order valence-electron chi connectivity index (χ3n) is 5.01. The van der Waals surface area contributed by atoms with Crippen molar-refractivity contribution in [1.29, 1.82) is 0 Å². The monoisotopic (exact) mass is 401 g/mol. The Morgan fingerprint density at radius 3 is 2.07 bits per heavy atom. The normalized spacial score (nSPS) is 14.5. The Kier molecular flexibility index (Phi) is 5.81. The molecule has 0 atom stereocenters. The van der Waals surface area contributed by atoms with E-state index < -0.39 is 17.5 Å². The van der Waals surface area contributed by atoms with E-state index in [1.165, 1.54) is 26.2 Å². The van der Waals surface area contributed by atoms with Gasteiger partial charge in [0.2, 0.25) is 5.75 Å². The van der Waals surface area contributed by atoms with Crippen molar-refractivity contribution >= 4 is 12.1 Å². The van der Waals surface area contributed by atoms with Gasteiger partial charge in [0.05, 0.1) is 21.3 Å². The number of aliphatic carboxylic acids is 1. The summed E-state index contributed by atoms with van der Waals surface area (Å²) in [5.41, 5.74) is 0.0422. The van der Waals surface area contributed by atoms with Crippen molar-refractivity contribution in [2.45, 2.75) is 12.0 Å². The quantitative estimate of drug-likeness (QED) is 0.762. The summed E-state index contributed by atoms with van der Waals surface area (Å²) in [6.45, 7) is 0.0869. The van der Waals surface area contributed by atoms with Gasteiger partial charge in [-0.25, -0.2) is 4.79 Å². The molecule has 1 amide bonds. The van der Waals surface area contributed by atoms with Crippen LogP contribution in [0, 0.1) is 0 Å². The van der Waals surface area contributed by atoms with Gasteiger partial charge in [-0.05, 0) is 23.3 Å². The summed E-state index contributed by atoms with van der Waals surface area (Å²) in [6, 6.07) is 12.5. The average molecular weight is 401 g/mol. The van der Waals surface area contributed by atoms with Crippen LogP contribution in [0.1, 0.15) is 11.1 Å². The van der Waals surface area contributed by atoms with Crippen LogP contribution in [0.4, 0.5) is 4.79 Å². The van der Waals surface area contributed by atoms with Gasteiger partial charge in [0.25, 0.3) is 0 Å². The lowest BCUT2D eigenvalue weighted by Gasteiger charge is -2.46. The van der Waals surface area contributed by atoms with Gasteiger partial charge in [-0.2, -0.15) is 0 Å². The van der Waals surface area contributed by atoms with Crippen LogP contribution in [0.15, 0.2) is 42.5 Å². The molecule has 0 radical (unpaired) electrons. The molecule has 8 nitrogen and oxygen atoms in total. The highest BCUT2D eigenvalue weighted by Crippen LogP contribution is 2.44. The fourth-order valence-electron chi connectivity index (χ4n) is 3.34. The van der Waals surface area contributed by atoms with Crippen molar-refractivity contribution in [1.82, 2.24) is 4.90 Å². The number of hydrogen-bond donors (Lipinski definition) is 1. The fraction of sp³-hybridized carbons (Fsp3) is 0.333. The predicted molar refractivity (Wildman–Crippen MR) is 104 cm³/mol. The van der Waals surface area contributed by atoms with Crippen molar-refractivity contribution in [2.24, 2.45) is 0 Å². The Bertz CT molecular complexity index is 866. The van der Waals surface area contributed by atoms with Crippen molar-refractivity contribution in [3.05, 3.63) is 53.6 Å². The maximum absolute atomic E-state index is 12.3. The Morgan fingerprint density at radius 2 is 1.59 bits per heavy atom. The highest BCUT2D eigenvalue weighted by Gasteiger charge is 2.54. The standard InChI is InChI=1S/C21H23NO7/c1-26-16-9-15(10-17(27-2)18(16)28-3)21(19(23)24)12-22(13-21)20(25)29-11-14-7-5-4-6-8-14/h4-10H,11-13H2,1-3H3,(H,23,24). The summed E-state index contributed by atoms with van der Waals surface area (Å²) in [4.78, 5) is 25.8. The first kappa shape index (κ1) is 20.3. The van der Waals surface area contributed by atoms with Gasteiger partial charge < -0.3 is 29.0 Å². The Hall–Kier alpha value is -3.42. The number of carbonyl (C=O) groups excluding carboxylic acids is 1. The van der Waals surface area contributed by atoms with Gasteiger partial charge in [-0.15, -0.1) is 0 Å². The summed E-state index contributed by atoms with van der Waals surface area (Å²) in [6.07, 6.45) is -0.557.